The molecule has 1 atom stereocenters. The van der Waals surface area contributed by atoms with Gasteiger partial charge in [-0.3, -0.25) is 9.59 Å². The molecule has 1 aromatic carbocycles. The van der Waals surface area contributed by atoms with Crippen molar-refractivity contribution in [3.05, 3.63) is 35.4 Å². The van der Waals surface area contributed by atoms with Gasteiger partial charge in [-0.2, -0.15) is 0 Å². The molecule has 1 rings (SSSR count). The fraction of sp³-hybridized carbons (Fsp3) is 0.529. The Bertz CT molecular complexity index is 497. The van der Waals surface area contributed by atoms with Crippen LogP contribution in [0.1, 0.15) is 43.1 Å². The second-order valence-electron chi connectivity index (χ2n) is 5.93. The van der Waals surface area contributed by atoms with Crippen molar-refractivity contribution in [2.75, 3.05) is 13.7 Å². The Morgan fingerprint density at radius 2 is 1.77 bits per heavy atom. The van der Waals surface area contributed by atoms with E-state index in [1.807, 2.05) is 32.9 Å². The summed E-state index contributed by atoms with van der Waals surface area (Å²) >= 11 is 0. The molecule has 0 spiro atoms. The average molecular weight is 306 g/mol. The molecule has 5 heteroatoms. The molecule has 0 fully saturated rings. The van der Waals surface area contributed by atoms with Crippen molar-refractivity contribution in [2.24, 2.45) is 5.92 Å². The molecule has 0 heterocycles. The van der Waals surface area contributed by atoms with Gasteiger partial charge < -0.3 is 15.3 Å². The molecule has 0 saturated carbocycles. The van der Waals surface area contributed by atoms with Crippen LogP contribution in [0.25, 0.3) is 0 Å². The molecular weight excluding hydrogens is 280 g/mol. The SMILES string of the molecule is CC(CCO)NC(=O)c1ccc(CN(C)C(=O)C(C)C)cc1. The fourth-order valence-corrected chi connectivity index (χ4v) is 2.13. The third-order valence-corrected chi connectivity index (χ3v) is 3.45. The molecule has 5 nitrogen and oxygen atoms in total. The second kappa shape index (κ2) is 8.54. The van der Waals surface area contributed by atoms with Crippen LogP contribution in [0.4, 0.5) is 0 Å². The number of carbonyl (C=O) groups is 2. The highest BCUT2D eigenvalue weighted by atomic mass is 16.3. The van der Waals surface area contributed by atoms with Gasteiger partial charge in [0.2, 0.25) is 5.91 Å². The smallest absolute Gasteiger partial charge is 0.251 e. The lowest BCUT2D eigenvalue weighted by Crippen LogP contribution is -2.33. The Balaban J connectivity index is 2.63. The van der Waals surface area contributed by atoms with Gasteiger partial charge in [-0.25, -0.2) is 0 Å². The molecule has 122 valence electrons. The third kappa shape index (κ3) is 5.48. The summed E-state index contributed by atoms with van der Waals surface area (Å²) in [5.41, 5.74) is 1.56. The summed E-state index contributed by atoms with van der Waals surface area (Å²) in [5, 5.41) is 11.7. The number of hydrogen-bond donors (Lipinski definition) is 2. The van der Waals surface area contributed by atoms with E-state index < -0.39 is 0 Å². The van der Waals surface area contributed by atoms with Crippen LogP contribution in [-0.4, -0.2) is 41.5 Å². The Kier molecular flexibility index (Phi) is 7.05. The van der Waals surface area contributed by atoms with Crippen molar-refractivity contribution < 1.29 is 14.7 Å². The first-order valence-corrected chi connectivity index (χ1v) is 7.60. The number of hydrogen-bond acceptors (Lipinski definition) is 3. The first kappa shape index (κ1) is 18.2. The van der Waals surface area contributed by atoms with Crippen molar-refractivity contribution >= 4 is 11.8 Å². The van der Waals surface area contributed by atoms with Gasteiger partial charge in [0.15, 0.2) is 0 Å². The maximum absolute atomic E-state index is 12.0. The molecule has 2 amide bonds. The van der Waals surface area contributed by atoms with E-state index in [1.54, 1.807) is 24.1 Å². The van der Waals surface area contributed by atoms with E-state index in [0.717, 1.165) is 5.56 Å². The monoisotopic (exact) mass is 306 g/mol. The van der Waals surface area contributed by atoms with Crippen molar-refractivity contribution in [3.8, 4) is 0 Å². The van der Waals surface area contributed by atoms with Crippen LogP contribution in [0.2, 0.25) is 0 Å². The summed E-state index contributed by atoms with van der Waals surface area (Å²) in [7, 11) is 1.78. The van der Waals surface area contributed by atoms with Gasteiger partial charge in [-0.05, 0) is 31.0 Å². The van der Waals surface area contributed by atoms with Crippen molar-refractivity contribution in [1.29, 1.82) is 0 Å². The minimum atomic E-state index is -0.154. The zero-order chi connectivity index (χ0) is 16.7. The second-order valence-corrected chi connectivity index (χ2v) is 5.93. The predicted molar refractivity (Wildman–Crippen MR) is 86.4 cm³/mol. The summed E-state index contributed by atoms with van der Waals surface area (Å²) in [6.45, 7) is 6.19. The first-order chi connectivity index (χ1) is 10.3. The lowest BCUT2D eigenvalue weighted by atomic mass is 10.1. The topological polar surface area (TPSA) is 69.6 Å². The predicted octanol–water partition coefficient (Wildman–Crippen LogP) is 1.80. The molecule has 0 aromatic heterocycles. The lowest BCUT2D eigenvalue weighted by Gasteiger charge is -2.19. The van der Waals surface area contributed by atoms with Gasteiger partial charge in [0, 0.05) is 37.7 Å². The summed E-state index contributed by atoms with van der Waals surface area (Å²) in [5.74, 6) is -0.0816. The maximum atomic E-state index is 12.0. The van der Waals surface area contributed by atoms with Crippen LogP contribution in [0.3, 0.4) is 0 Å². The quantitative estimate of drug-likeness (QED) is 0.807. The highest BCUT2D eigenvalue weighted by Crippen LogP contribution is 2.09. The molecular formula is C17H26N2O3. The molecule has 1 unspecified atom stereocenters. The van der Waals surface area contributed by atoms with E-state index in [9.17, 15) is 9.59 Å². The first-order valence-electron chi connectivity index (χ1n) is 7.60. The highest BCUT2D eigenvalue weighted by molar-refractivity contribution is 5.94. The van der Waals surface area contributed by atoms with Gasteiger partial charge in [-0.1, -0.05) is 26.0 Å². The standard InChI is InChI=1S/C17H26N2O3/c1-12(2)17(22)19(4)11-14-5-7-15(8-6-14)16(21)18-13(3)9-10-20/h5-8,12-13,20H,9-11H2,1-4H3,(H,18,21). The van der Waals surface area contributed by atoms with E-state index in [4.69, 9.17) is 5.11 Å². The van der Waals surface area contributed by atoms with Crippen molar-refractivity contribution in [3.63, 3.8) is 0 Å². The van der Waals surface area contributed by atoms with E-state index in [-0.39, 0.29) is 30.4 Å². The third-order valence-electron chi connectivity index (χ3n) is 3.45. The summed E-state index contributed by atoms with van der Waals surface area (Å²) in [6.07, 6.45) is 0.534. The van der Waals surface area contributed by atoms with Gasteiger partial charge in [0.25, 0.3) is 5.91 Å². The van der Waals surface area contributed by atoms with Crippen molar-refractivity contribution in [2.45, 2.75) is 39.8 Å². The number of rotatable bonds is 7. The number of nitrogens with one attached hydrogen (secondary N) is 1. The van der Waals surface area contributed by atoms with Crippen LogP contribution in [0.15, 0.2) is 24.3 Å². The Morgan fingerprint density at radius 3 is 2.27 bits per heavy atom. The molecule has 0 aliphatic heterocycles. The molecule has 22 heavy (non-hydrogen) atoms. The van der Waals surface area contributed by atoms with Gasteiger partial charge in [0.05, 0.1) is 0 Å². The molecule has 0 radical (unpaired) electrons. The van der Waals surface area contributed by atoms with Crippen molar-refractivity contribution in [1.82, 2.24) is 10.2 Å². The summed E-state index contributed by atoms with van der Waals surface area (Å²) in [4.78, 5) is 25.5. The molecule has 0 aliphatic rings. The number of carbonyl (C=O) groups excluding carboxylic acids is 2. The van der Waals surface area contributed by atoms with Gasteiger partial charge in [-0.15, -0.1) is 0 Å². The Hall–Kier alpha value is -1.88. The van der Waals surface area contributed by atoms with Crippen LogP contribution >= 0.6 is 0 Å². The van der Waals surface area contributed by atoms with Crippen LogP contribution in [0, 0.1) is 5.92 Å². The molecule has 2 N–H and O–H groups in total. The Morgan fingerprint density at radius 1 is 1.18 bits per heavy atom. The average Bonchev–Trinajstić information content (AvgIpc) is 2.47. The van der Waals surface area contributed by atoms with E-state index in [0.29, 0.717) is 18.5 Å². The number of aliphatic hydroxyl groups excluding tert-OH is 1. The fourth-order valence-electron chi connectivity index (χ4n) is 2.13. The van der Waals surface area contributed by atoms with E-state index in [1.165, 1.54) is 0 Å². The normalized spacial score (nSPS) is 12.1. The number of aliphatic hydroxyl groups is 1. The minimum absolute atomic E-state index is 0.0249. The van der Waals surface area contributed by atoms with E-state index >= 15 is 0 Å². The summed E-state index contributed by atoms with van der Waals surface area (Å²) in [6, 6.07) is 7.16. The van der Waals surface area contributed by atoms with Gasteiger partial charge in [0.1, 0.15) is 0 Å². The summed E-state index contributed by atoms with van der Waals surface area (Å²) < 4.78 is 0. The minimum Gasteiger partial charge on any atom is -0.396 e. The Labute approximate surface area is 132 Å². The molecule has 1 aromatic rings. The van der Waals surface area contributed by atoms with Gasteiger partial charge >= 0.3 is 0 Å². The zero-order valence-electron chi connectivity index (χ0n) is 13.8. The number of amides is 2. The maximum Gasteiger partial charge on any atom is 0.251 e. The molecule has 0 bridgehead atoms. The van der Waals surface area contributed by atoms with Crippen LogP contribution in [0.5, 0.6) is 0 Å². The number of nitrogens with zero attached hydrogens (tertiary/aromatic N) is 1. The molecule has 0 aliphatic carbocycles. The largest absolute Gasteiger partial charge is 0.396 e. The molecule has 0 saturated heterocycles. The van der Waals surface area contributed by atoms with Crippen LogP contribution in [-0.2, 0) is 11.3 Å². The number of benzene rings is 1. The van der Waals surface area contributed by atoms with E-state index in [2.05, 4.69) is 5.32 Å². The zero-order valence-corrected chi connectivity index (χ0v) is 13.8. The van der Waals surface area contributed by atoms with Crippen LogP contribution < -0.4 is 5.32 Å². The lowest BCUT2D eigenvalue weighted by molar-refractivity contribution is -0.133. The highest BCUT2D eigenvalue weighted by Gasteiger charge is 2.14.